The number of aromatic nitrogens is 1. The van der Waals surface area contributed by atoms with Crippen molar-refractivity contribution in [3.05, 3.63) is 29.3 Å². The number of nitrogens with zero attached hydrogens (tertiary/aromatic N) is 1. The van der Waals surface area contributed by atoms with Crippen LogP contribution in [0, 0.1) is 5.95 Å². The molecule has 86 valence electrons. The second-order valence-electron chi connectivity index (χ2n) is 4.16. The summed E-state index contributed by atoms with van der Waals surface area (Å²) in [5.41, 5.74) is 0.849. The van der Waals surface area contributed by atoms with E-state index in [2.05, 4.69) is 10.3 Å². The maximum absolute atomic E-state index is 13.7. The maximum Gasteiger partial charge on any atom is 0.217 e. The Labute approximate surface area is 94.1 Å². The highest BCUT2D eigenvalue weighted by molar-refractivity contribution is 5.92. The summed E-state index contributed by atoms with van der Waals surface area (Å²) in [4.78, 5) is 14.8. The van der Waals surface area contributed by atoms with E-state index in [1.54, 1.807) is 12.1 Å². The Bertz CT molecular complexity index is 400. The van der Waals surface area contributed by atoms with Crippen LogP contribution in [-0.2, 0) is 0 Å². The highest BCUT2D eigenvalue weighted by atomic mass is 19.1. The lowest BCUT2D eigenvalue weighted by molar-refractivity contribution is 0.101. The number of pyridine rings is 1. The topological polar surface area (TPSA) is 42.0 Å². The van der Waals surface area contributed by atoms with Crippen LogP contribution in [0.3, 0.4) is 0 Å². The van der Waals surface area contributed by atoms with Crippen LogP contribution in [-0.4, -0.2) is 23.9 Å². The molecule has 1 aliphatic rings. The fraction of sp³-hybridized carbons (Fsp3) is 0.500. The number of carbonyl (C=O) groups excluding carboxylic acids is 1. The molecule has 0 aliphatic carbocycles. The van der Waals surface area contributed by atoms with E-state index in [0.29, 0.717) is 5.56 Å². The first-order valence-electron chi connectivity index (χ1n) is 5.56. The highest BCUT2D eigenvalue weighted by Crippen LogP contribution is 2.26. The summed E-state index contributed by atoms with van der Waals surface area (Å²) in [6, 6.07) is 3.32. The minimum absolute atomic E-state index is 0.198. The van der Waals surface area contributed by atoms with Crippen molar-refractivity contribution in [2.45, 2.75) is 25.7 Å². The molecule has 0 unspecified atom stereocenters. The van der Waals surface area contributed by atoms with E-state index < -0.39 is 5.95 Å². The molecule has 0 bridgehead atoms. The Morgan fingerprint density at radius 2 is 2.12 bits per heavy atom. The van der Waals surface area contributed by atoms with Crippen LogP contribution in [0.4, 0.5) is 4.39 Å². The van der Waals surface area contributed by atoms with Crippen LogP contribution < -0.4 is 5.32 Å². The van der Waals surface area contributed by atoms with Crippen LogP contribution in [0.25, 0.3) is 0 Å². The average molecular weight is 222 g/mol. The first-order valence-corrected chi connectivity index (χ1v) is 5.56. The normalized spacial score (nSPS) is 17.4. The minimum Gasteiger partial charge on any atom is -0.317 e. The van der Waals surface area contributed by atoms with Gasteiger partial charge in [-0.2, -0.15) is 4.39 Å². The number of hydrogen-bond acceptors (Lipinski definition) is 3. The van der Waals surface area contributed by atoms with Crippen LogP contribution in [0.15, 0.2) is 12.1 Å². The molecular formula is C12H15FN2O. The molecule has 3 nitrogen and oxygen atoms in total. The van der Waals surface area contributed by atoms with Gasteiger partial charge in [0, 0.05) is 12.5 Å². The second-order valence-corrected chi connectivity index (χ2v) is 4.16. The Balaban J connectivity index is 2.24. The predicted molar refractivity (Wildman–Crippen MR) is 59.0 cm³/mol. The van der Waals surface area contributed by atoms with E-state index in [1.807, 2.05) is 0 Å². The number of piperidine rings is 1. The van der Waals surface area contributed by atoms with Gasteiger partial charge in [-0.15, -0.1) is 0 Å². The molecule has 2 heterocycles. The van der Waals surface area contributed by atoms with E-state index >= 15 is 0 Å². The van der Waals surface area contributed by atoms with Gasteiger partial charge in [-0.25, -0.2) is 4.98 Å². The van der Waals surface area contributed by atoms with Gasteiger partial charge in [0.2, 0.25) is 5.95 Å². The molecular weight excluding hydrogens is 207 g/mol. The third kappa shape index (κ3) is 2.27. The molecule has 0 radical (unpaired) electrons. The largest absolute Gasteiger partial charge is 0.317 e. The van der Waals surface area contributed by atoms with Crippen molar-refractivity contribution in [2.24, 2.45) is 0 Å². The standard InChI is InChI=1S/C12H15FN2O/c1-8(16)11-3-2-10(12(13)15-11)9-4-6-14-7-5-9/h2-3,9,14H,4-7H2,1H3. The van der Waals surface area contributed by atoms with E-state index in [0.717, 1.165) is 25.9 Å². The van der Waals surface area contributed by atoms with Crippen molar-refractivity contribution >= 4 is 5.78 Å². The van der Waals surface area contributed by atoms with Gasteiger partial charge >= 0.3 is 0 Å². The molecule has 1 N–H and O–H groups in total. The molecule has 1 aromatic heterocycles. The molecule has 0 amide bonds. The van der Waals surface area contributed by atoms with Crippen LogP contribution in [0.2, 0.25) is 0 Å². The van der Waals surface area contributed by atoms with Crippen LogP contribution >= 0.6 is 0 Å². The average Bonchev–Trinajstić information content (AvgIpc) is 2.30. The number of hydrogen-bond donors (Lipinski definition) is 1. The summed E-state index contributed by atoms with van der Waals surface area (Å²) >= 11 is 0. The van der Waals surface area contributed by atoms with E-state index in [1.165, 1.54) is 6.92 Å². The van der Waals surface area contributed by atoms with Crippen LogP contribution in [0.5, 0.6) is 0 Å². The second kappa shape index (κ2) is 4.70. The SMILES string of the molecule is CC(=O)c1ccc(C2CCNCC2)c(F)n1. The van der Waals surface area contributed by atoms with E-state index in [-0.39, 0.29) is 17.4 Å². The molecule has 16 heavy (non-hydrogen) atoms. The Morgan fingerprint density at radius 1 is 1.44 bits per heavy atom. The summed E-state index contributed by atoms with van der Waals surface area (Å²) in [7, 11) is 0. The lowest BCUT2D eigenvalue weighted by atomic mass is 9.91. The third-order valence-corrected chi connectivity index (χ3v) is 3.02. The van der Waals surface area contributed by atoms with Gasteiger partial charge in [0.05, 0.1) is 0 Å². The maximum atomic E-state index is 13.7. The quantitative estimate of drug-likeness (QED) is 0.613. The number of nitrogens with one attached hydrogen (secondary N) is 1. The molecule has 1 fully saturated rings. The summed E-state index contributed by atoms with van der Waals surface area (Å²) in [5, 5.41) is 3.24. The third-order valence-electron chi connectivity index (χ3n) is 3.02. The molecule has 0 atom stereocenters. The Kier molecular flexibility index (Phi) is 3.29. The van der Waals surface area contributed by atoms with Gasteiger partial charge in [0.1, 0.15) is 5.69 Å². The monoisotopic (exact) mass is 222 g/mol. The summed E-state index contributed by atoms with van der Waals surface area (Å²) < 4.78 is 13.7. The van der Waals surface area contributed by atoms with Crippen molar-refractivity contribution in [3.8, 4) is 0 Å². The van der Waals surface area contributed by atoms with Gasteiger partial charge in [0.15, 0.2) is 5.78 Å². The Morgan fingerprint density at radius 3 is 2.69 bits per heavy atom. The van der Waals surface area contributed by atoms with E-state index in [4.69, 9.17) is 0 Å². The zero-order valence-electron chi connectivity index (χ0n) is 9.29. The van der Waals surface area contributed by atoms with Gasteiger partial charge in [-0.05, 0) is 37.9 Å². The molecule has 2 rings (SSSR count). The lowest BCUT2D eigenvalue weighted by Gasteiger charge is -2.22. The van der Waals surface area contributed by atoms with E-state index in [9.17, 15) is 9.18 Å². The van der Waals surface area contributed by atoms with Crippen molar-refractivity contribution in [1.29, 1.82) is 0 Å². The van der Waals surface area contributed by atoms with Gasteiger partial charge < -0.3 is 5.32 Å². The number of ketones is 1. The number of Topliss-reactive ketones (excluding diaryl/α,β-unsaturated/α-hetero) is 1. The first kappa shape index (κ1) is 11.2. The van der Waals surface area contributed by atoms with Crippen LogP contribution in [0.1, 0.15) is 41.7 Å². The smallest absolute Gasteiger partial charge is 0.217 e. The lowest BCUT2D eigenvalue weighted by Crippen LogP contribution is -2.27. The molecule has 4 heteroatoms. The van der Waals surface area contributed by atoms with Crippen molar-refractivity contribution in [3.63, 3.8) is 0 Å². The first-order chi connectivity index (χ1) is 7.68. The minimum atomic E-state index is -0.486. The molecule has 1 aliphatic heterocycles. The summed E-state index contributed by atoms with van der Waals surface area (Å²) in [6.07, 6.45) is 1.86. The summed E-state index contributed by atoms with van der Waals surface area (Å²) in [6.45, 7) is 3.23. The molecule has 0 aromatic carbocycles. The highest BCUT2D eigenvalue weighted by Gasteiger charge is 2.19. The van der Waals surface area contributed by atoms with Crippen molar-refractivity contribution in [1.82, 2.24) is 10.3 Å². The van der Waals surface area contributed by atoms with Gasteiger partial charge in [-0.3, -0.25) is 4.79 Å². The fourth-order valence-electron chi connectivity index (χ4n) is 2.08. The zero-order chi connectivity index (χ0) is 11.5. The molecule has 1 aromatic rings. The number of halogens is 1. The number of carbonyl (C=O) groups is 1. The summed E-state index contributed by atoms with van der Waals surface area (Å²) in [5.74, 6) is -0.454. The fourth-order valence-corrected chi connectivity index (χ4v) is 2.08. The molecule has 1 saturated heterocycles. The van der Waals surface area contributed by atoms with Gasteiger partial charge in [-0.1, -0.05) is 6.07 Å². The Hall–Kier alpha value is -1.29. The van der Waals surface area contributed by atoms with Gasteiger partial charge in [0.25, 0.3) is 0 Å². The number of rotatable bonds is 2. The zero-order valence-corrected chi connectivity index (χ0v) is 9.29. The predicted octanol–water partition coefficient (Wildman–Crippen LogP) is 1.89. The molecule has 0 saturated carbocycles. The molecule has 0 spiro atoms. The van der Waals surface area contributed by atoms with Crippen molar-refractivity contribution < 1.29 is 9.18 Å². The van der Waals surface area contributed by atoms with Crippen molar-refractivity contribution in [2.75, 3.05) is 13.1 Å².